The van der Waals surface area contributed by atoms with Gasteiger partial charge in [0.1, 0.15) is 0 Å². The van der Waals surface area contributed by atoms with Gasteiger partial charge in [-0.15, -0.1) is 0 Å². The molecule has 13 heavy (non-hydrogen) atoms. The van der Waals surface area contributed by atoms with Crippen molar-refractivity contribution in [2.75, 3.05) is 5.73 Å². The Hall–Kier alpha value is -0.995. The quantitative estimate of drug-likeness (QED) is 0.444. The van der Waals surface area contributed by atoms with Crippen molar-refractivity contribution in [3.63, 3.8) is 0 Å². The summed E-state index contributed by atoms with van der Waals surface area (Å²) in [7, 11) is -1.48. The molecule has 0 radical (unpaired) electrons. The van der Waals surface area contributed by atoms with E-state index in [-0.39, 0.29) is 0 Å². The summed E-state index contributed by atoms with van der Waals surface area (Å²) in [6.07, 6.45) is 0. The van der Waals surface area contributed by atoms with Crippen LogP contribution in [-0.4, -0.2) is 17.2 Å². The highest BCUT2D eigenvalue weighted by Crippen LogP contribution is 2.15. The first-order valence-corrected chi connectivity index (χ1v) is 4.28. The molecule has 3 nitrogen and oxygen atoms in total. The van der Waals surface area contributed by atoms with Crippen LogP contribution < -0.4 is 11.2 Å². The fourth-order valence-corrected chi connectivity index (χ4v) is 1.19. The molecule has 70 valence electrons. The largest absolute Gasteiger partial charge is 0.490 e. The first-order valence-electron chi connectivity index (χ1n) is 4.28. The van der Waals surface area contributed by atoms with E-state index in [2.05, 4.69) is 13.8 Å². The molecule has 0 amide bonds. The number of rotatable bonds is 2. The maximum atomic E-state index is 8.91. The van der Waals surface area contributed by atoms with Gasteiger partial charge in [-0.05, 0) is 17.5 Å². The minimum absolute atomic E-state index is 0.365. The van der Waals surface area contributed by atoms with Crippen LogP contribution in [0.2, 0.25) is 0 Å². The first kappa shape index (κ1) is 10.1. The molecule has 0 spiro atoms. The van der Waals surface area contributed by atoms with Gasteiger partial charge in [0, 0.05) is 11.2 Å². The summed E-state index contributed by atoms with van der Waals surface area (Å²) in [6.45, 7) is 4.12. The van der Waals surface area contributed by atoms with E-state index < -0.39 is 7.12 Å². The number of nitrogens with two attached hydrogens (primary N) is 1. The molecule has 1 rings (SSSR count). The first-order chi connectivity index (χ1) is 6.02. The second kappa shape index (κ2) is 3.81. The highest BCUT2D eigenvalue weighted by atomic mass is 16.4. The van der Waals surface area contributed by atoms with Crippen molar-refractivity contribution in [3.8, 4) is 0 Å². The van der Waals surface area contributed by atoms with Crippen LogP contribution in [0.5, 0.6) is 0 Å². The molecule has 0 unspecified atom stereocenters. The van der Waals surface area contributed by atoms with Crippen molar-refractivity contribution in [1.82, 2.24) is 0 Å². The van der Waals surface area contributed by atoms with Crippen LogP contribution >= 0.6 is 0 Å². The third-order valence-electron chi connectivity index (χ3n) is 2.06. The van der Waals surface area contributed by atoms with Crippen molar-refractivity contribution in [2.24, 2.45) is 0 Å². The zero-order valence-corrected chi connectivity index (χ0v) is 7.86. The Bertz CT molecular complexity index is 300. The number of anilines is 1. The number of hydrogen-bond acceptors (Lipinski definition) is 3. The number of hydrogen-bond donors (Lipinski definition) is 3. The van der Waals surface area contributed by atoms with Gasteiger partial charge in [-0.3, -0.25) is 0 Å². The van der Waals surface area contributed by atoms with Crippen molar-refractivity contribution >= 4 is 18.3 Å². The van der Waals surface area contributed by atoms with Crippen LogP contribution in [0.4, 0.5) is 5.69 Å². The molecule has 0 saturated carbocycles. The lowest BCUT2D eigenvalue weighted by Gasteiger charge is -2.09. The molecule has 0 fully saturated rings. The van der Waals surface area contributed by atoms with Crippen LogP contribution in [0.25, 0.3) is 0 Å². The Morgan fingerprint density at radius 2 is 1.92 bits per heavy atom. The van der Waals surface area contributed by atoms with Crippen molar-refractivity contribution in [2.45, 2.75) is 19.8 Å². The van der Waals surface area contributed by atoms with E-state index in [4.69, 9.17) is 15.8 Å². The highest BCUT2D eigenvalue weighted by molar-refractivity contribution is 6.60. The summed E-state index contributed by atoms with van der Waals surface area (Å²) in [5, 5.41) is 17.8. The maximum Gasteiger partial charge on any atom is 0.490 e. The van der Waals surface area contributed by atoms with Gasteiger partial charge in [0.15, 0.2) is 0 Å². The Morgan fingerprint density at radius 1 is 1.31 bits per heavy atom. The Balaban J connectivity index is 3.06. The van der Waals surface area contributed by atoms with Crippen LogP contribution in [0.15, 0.2) is 18.2 Å². The fraction of sp³-hybridized carbons (Fsp3) is 0.333. The maximum absolute atomic E-state index is 8.91. The molecule has 0 heterocycles. The molecular weight excluding hydrogens is 165 g/mol. The minimum Gasteiger partial charge on any atom is -0.423 e. The normalized spacial score (nSPS) is 10.5. The predicted molar refractivity (Wildman–Crippen MR) is 54.8 cm³/mol. The lowest BCUT2D eigenvalue weighted by molar-refractivity contribution is 0.426. The van der Waals surface area contributed by atoms with E-state index in [0.29, 0.717) is 17.1 Å². The summed E-state index contributed by atoms with van der Waals surface area (Å²) in [5.74, 6) is 0.396. The third-order valence-corrected chi connectivity index (χ3v) is 2.06. The topological polar surface area (TPSA) is 66.5 Å². The lowest BCUT2D eigenvalue weighted by atomic mass is 9.78. The fourth-order valence-electron chi connectivity index (χ4n) is 1.19. The van der Waals surface area contributed by atoms with E-state index in [1.165, 1.54) is 0 Å². The monoisotopic (exact) mass is 179 g/mol. The molecule has 0 aromatic heterocycles. The molecule has 0 bridgehead atoms. The molecule has 1 aromatic rings. The molecule has 4 N–H and O–H groups in total. The Kier molecular flexibility index (Phi) is 2.96. The Morgan fingerprint density at radius 3 is 2.31 bits per heavy atom. The van der Waals surface area contributed by atoms with E-state index in [1.807, 2.05) is 6.07 Å². The van der Waals surface area contributed by atoms with Crippen molar-refractivity contribution in [3.05, 3.63) is 23.8 Å². The van der Waals surface area contributed by atoms with Crippen LogP contribution in [0, 0.1) is 0 Å². The zero-order valence-electron chi connectivity index (χ0n) is 7.86. The van der Waals surface area contributed by atoms with Gasteiger partial charge in [0.05, 0.1) is 0 Å². The minimum atomic E-state index is -1.48. The van der Waals surface area contributed by atoms with Crippen LogP contribution in [0.3, 0.4) is 0 Å². The van der Waals surface area contributed by atoms with Gasteiger partial charge in [-0.2, -0.15) is 0 Å². The second-order valence-electron chi connectivity index (χ2n) is 3.42. The summed E-state index contributed by atoms with van der Waals surface area (Å²) in [6, 6.07) is 5.28. The molecule has 0 aliphatic heterocycles. The average molecular weight is 179 g/mol. The molecule has 0 aliphatic rings. The van der Waals surface area contributed by atoms with Gasteiger partial charge >= 0.3 is 7.12 Å². The van der Waals surface area contributed by atoms with Gasteiger partial charge in [-0.25, -0.2) is 0 Å². The zero-order chi connectivity index (χ0) is 10.0. The Labute approximate surface area is 78.3 Å². The van der Waals surface area contributed by atoms with Gasteiger partial charge in [-0.1, -0.05) is 26.0 Å². The summed E-state index contributed by atoms with van der Waals surface area (Å²) in [5.41, 5.74) is 7.54. The average Bonchev–Trinajstić information content (AvgIpc) is 2.03. The molecule has 4 heteroatoms. The van der Waals surface area contributed by atoms with E-state index >= 15 is 0 Å². The predicted octanol–water partition coefficient (Wildman–Crippen LogP) is 0.0720. The third kappa shape index (κ3) is 2.23. The van der Waals surface area contributed by atoms with E-state index in [9.17, 15) is 0 Å². The van der Waals surface area contributed by atoms with E-state index in [1.54, 1.807) is 12.1 Å². The smallest absolute Gasteiger partial charge is 0.423 e. The summed E-state index contributed by atoms with van der Waals surface area (Å²) >= 11 is 0. The van der Waals surface area contributed by atoms with Crippen LogP contribution in [0.1, 0.15) is 25.3 Å². The lowest BCUT2D eigenvalue weighted by Crippen LogP contribution is -2.32. The van der Waals surface area contributed by atoms with Crippen LogP contribution in [-0.2, 0) is 0 Å². The highest BCUT2D eigenvalue weighted by Gasteiger charge is 2.14. The second-order valence-corrected chi connectivity index (χ2v) is 3.42. The van der Waals surface area contributed by atoms with Gasteiger partial charge in [0.25, 0.3) is 0 Å². The van der Waals surface area contributed by atoms with Crippen molar-refractivity contribution < 1.29 is 10.0 Å². The molecule has 0 atom stereocenters. The number of nitrogen functional groups attached to an aromatic ring is 1. The number of benzene rings is 1. The van der Waals surface area contributed by atoms with Crippen molar-refractivity contribution in [1.29, 1.82) is 0 Å². The summed E-state index contributed by atoms with van der Waals surface area (Å²) in [4.78, 5) is 0. The van der Waals surface area contributed by atoms with Gasteiger partial charge < -0.3 is 15.8 Å². The molecule has 0 aliphatic carbocycles. The van der Waals surface area contributed by atoms with E-state index in [0.717, 1.165) is 5.56 Å². The molecular formula is C9H14BNO2. The summed E-state index contributed by atoms with van der Waals surface area (Å²) < 4.78 is 0. The standard InChI is InChI=1S/C9H14BNO2/c1-6(2)7-3-4-8(10(12)13)9(11)5-7/h3-6,12-13H,11H2,1-2H3. The SMILES string of the molecule is CC(C)c1ccc(B(O)O)c(N)c1. The molecule has 0 saturated heterocycles. The molecule has 1 aromatic carbocycles. The van der Waals surface area contributed by atoms with Gasteiger partial charge in [0.2, 0.25) is 0 Å².